The first kappa shape index (κ1) is 16.4. The van der Waals surface area contributed by atoms with E-state index in [1.54, 1.807) is 30.3 Å². The molecule has 0 saturated carbocycles. The maximum absolute atomic E-state index is 12.4. The summed E-state index contributed by atoms with van der Waals surface area (Å²) in [6.07, 6.45) is 0. The zero-order valence-corrected chi connectivity index (χ0v) is 14.7. The molecule has 1 aliphatic heterocycles. The summed E-state index contributed by atoms with van der Waals surface area (Å²) in [6, 6.07) is 14.0. The molecule has 6 nitrogen and oxygen atoms in total. The number of imide groups is 1. The van der Waals surface area contributed by atoms with E-state index in [4.69, 9.17) is 0 Å². The standard InChI is InChI=1S/C17H14IN3O3/c18-14-7-2-1-6-13(14)16(23)20-12-5-3-4-11(8-12)10-21-15(22)9-19-17(21)24/h1-8H,9-10H2,(H,19,24)(H,20,23). The molecule has 0 atom stereocenters. The van der Waals surface area contributed by atoms with Crippen LogP contribution in [0.3, 0.4) is 0 Å². The molecule has 0 radical (unpaired) electrons. The number of anilines is 1. The molecule has 0 unspecified atom stereocenters. The van der Waals surface area contributed by atoms with E-state index in [2.05, 4.69) is 33.2 Å². The van der Waals surface area contributed by atoms with Crippen LogP contribution in [0, 0.1) is 3.57 Å². The van der Waals surface area contributed by atoms with E-state index in [-0.39, 0.29) is 24.9 Å². The Morgan fingerprint density at radius 2 is 1.96 bits per heavy atom. The second-order valence-corrected chi connectivity index (χ2v) is 6.44. The first-order chi connectivity index (χ1) is 11.5. The number of carbonyl (C=O) groups excluding carboxylic acids is 3. The molecule has 0 spiro atoms. The fourth-order valence-electron chi connectivity index (χ4n) is 2.39. The summed E-state index contributed by atoms with van der Waals surface area (Å²) >= 11 is 2.11. The number of amides is 4. The lowest BCUT2D eigenvalue weighted by atomic mass is 10.1. The van der Waals surface area contributed by atoms with Crippen molar-refractivity contribution in [2.45, 2.75) is 6.54 Å². The molecule has 4 amide bonds. The third kappa shape index (κ3) is 3.56. The lowest BCUT2D eigenvalue weighted by Gasteiger charge is -2.13. The highest BCUT2D eigenvalue weighted by atomic mass is 127. The van der Waals surface area contributed by atoms with Gasteiger partial charge in [-0.05, 0) is 52.4 Å². The lowest BCUT2D eigenvalue weighted by Crippen LogP contribution is -2.30. The van der Waals surface area contributed by atoms with Crippen LogP contribution in [0.25, 0.3) is 0 Å². The van der Waals surface area contributed by atoms with Gasteiger partial charge in [0.2, 0.25) is 5.91 Å². The van der Waals surface area contributed by atoms with Gasteiger partial charge in [-0.25, -0.2) is 4.79 Å². The molecule has 2 N–H and O–H groups in total. The highest BCUT2D eigenvalue weighted by molar-refractivity contribution is 14.1. The Morgan fingerprint density at radius 1 is 1.17 bits per heavy atom. The highest BCUT2D eigenvalue weighted by Crippen LogP contribution is 2.17. The number of nitrogens with zero attached hydrogens (tertiary/aromatic N) is 1. The lowest BCUT2D eigenvalue weighted by molar-refractivity contribution is -0.125. The SMILES string of the molecule is O=C(Nc1cccc(CN2C(=O)CNC2=O)c1)c1ccccc1I. The third-order valence-electron chi connectivity index (χ3n) is 3.58. The molecule has 2 aromatic carbocycles. The predicted molar refractivity (Wildman–Crippen MR) is 97.5 cm³/mol. The number of urea groups is 1. The van der Waals surface area contributed by atoms with Gasteiger partial charge in [-0.15, -0.1) is 0 Å². The van der Waals surface area contributed by atoms with E-state index in [0.717, 1.165) is 14.0 Å². The number of halogens is 1. The first-order valence-electron chi connectivity index (χ1n) is 7.27. The minimum Gasteiger partial charge on any atom is -0.329 e. The van der Waals surface area contributed by atoms with Gasteiger partial charge in [0.05, 0.1) is 18.7 Å². The first-order valence-corrected chi connectivity index (χ1v) is 8.35. The number of hydrogen-bond donors (Lipinski definition) is 2. The van der Waals surface area contributed by atoms with Gasteiger partial charge in [0.25, 0.3) is 5.91 Å². The molecule has 24 heavy (non-hydrogen) atoms. The Morgan fingerprint density at radius 3 is 2.67 bits per heavy atom. The topological polar surface area (TPSA) is 78.5 Å². The van der Waals surface area contributed by atoms with Crippen molar-refractivity contribution in [2.75, 3.05) is 11.9 Å². The van der Waals surface area contributed by atoms with Crippen molar-refractivity contribution in [1.29, 1.82) is 0 Å². The van der Waals surface area contributed by atoms with Gasteiger partial charge in [0.1, 0.15) is 0 Å². The van der Waals surface area contributed by atoms with Gasteiger partial charge in [-0.2, -0.15) is 0 Å². The van der Waals surface area contributed by atoms with E-state index in [1.807, 2.05) is 18.2 Å². The van der Waals surface area contributed by atoms with Crippen LogP contribution in [-0.4, -0.2) is 29.3 Å². The van der Waals surface area contributed by atoms with Crippen LogP contribution in [-0.2, 0) is 11.3 Å². The normalized spacial score (nSPS) is 13.8. The smallest absolute Gasteiger partial charge is 0.324 e. The zero-order valence-electron chi connectivity index (χ0n) is 12.6. The summed E-state index contributed by atoms with van der Waals surface area (Å²) in [6.45, 7) is 0.207. The molecule has 7 heteroatoms. The van der Waals surface area contributed by atoms with E-state index in [1.165, 1.54) is 0 Å². The molecule has 1 fully saturated rings. The van der Waals surface area contributed by atoms with E-state index in [0.29, 0.717) is 11.3 Å². The molecule has 0 aliphatic carbocycles. The number of nitrogens with one attached hydrogen (secondary N) is 2. The summed E-state index contributed by atoms with van der Waals surface area (Å²) in [5.74, 6) is -0.458. The summed E-state index contributed by atoms with van der Waals surface area (Å²) in [7, 11) is 0. The van der Waals surface area contributed by atoms with Crippen molar-refractivity contribution in [3.8, 4) is 0 Å². The van der Waals surface area contributed by atoms with Crippen molar-refractivity contribution in [3.05, 3.63) is 63.2 Å². The summed E-state index contributed by atoms with van der Waals surface area (Å²) < 4.78 is 0.864. The van der Waals surface area contributed by atoms with Crippen LogP contribution in [0.5, 0.6) is 0 Å². The van der Waals surface area contributed by atoms with Crippen LogP contribution in [0.1, 0.15) is 15.9 Å². The van der Waals surface area contributed by atoms with Gasteiger partial charge in [0, 0.05) is 9.26 Å². The molecule has 0 bridgehead atoms. The Bertz CT molecular complexity index is 806. The number of benzene rings is 2. The molecule has 1 saturated heterocycles. The summed E-state index contributed by atoms with van der Waals surface area (Å²) in [5, 5.41) is 5.32. The third-order valence-corrected chi connectivity index (χ3v) is 4.52. The van der Waals surface area contributed by atoms with Gasteiger partial charge in [0.15, 0.2) is 0 Å². The van der Waals surface area contributed by atoms with Gasteiger partial charge < -0.3 is 10.6 Å². The maximum Gasteiger partial charge on any atom is 0.324 e. The van der Waals surface area contributed by atoms with Gasteiger partial charge in [-0.1, -0.05) is 24.3 Å². The largest absolute Gasteiger partial charge is 0.329 e. The van der Waals surface area contributed by atoms with E-state index >= 15 is 0 Å². The quantitative estimate of drug-likeness (QED) is 0.573. The van der Waals surface area contributed by atoms with Crippen molar-refractivity contribution < 1.29 is 14.4 Å². The molecule has 122 valence electrons. The Balaban J connectivity index is 1.74. The number of rotatable bonds is 4. The van der Waals surface area contributed by atoms with Crippen molar-refractivity contribution in [3.63, 3.8) is 0 Å². The van der Waals surface area contributed by atoms with Crippen molar-refractivity contribution >= 4 is 46.1 Å². The Labute approximate surface area is 152 Å². The van der Waals surface area contributed by atoms with Crippen LogP contribution in [0.4, 0.5) is 10.5 Å². The second kappa shape index (κ2) is 7.00. The summed E-state index contributed by atoms with van der Waals surface area (Å²) in [4.78, 5) is 36.7. The van der Waals surface area contributed by atoms with E-state index in [9.17, 15) is 14.4 Å². The van der Waals surface area contributed by atoms with Gasteiger partial charge >= 0.3 is 6.03 Å². The fraction of sp³-hybridized carbons (Fsp3) is 0.118. The fourth-order valence-corrected chi connectivity index (χ4v) is 3.02. The minimum absolute atomic E-state index is 0.0295. The monoisotopic (exact) mass is 435 g/mol. The number of carbonyl (C=O) groups is 3. The van der Waals surface area contributed by atoms with Crippen molar-refractivity contribution in [1.82, 2.24) is 10.2 Å². The number of hydrogen-bond acceptors (Lipinski definition) is 3. The molecule has 0 aromatic heterocycles. The van der Waals surface area contributed by atoms with Crippen LogP contribution < -0.4 is 10.6 Å². The Kier molecular flexibility index (Phi) is 4.79. The molecule has 1 aliphatic rings. The van der Waals surface area contributed by atoms with Crippen LogP contribution in [0.15, 0.2) is 48.5 Å². The molecular weight excluding hydrogens is 421 g/mol. The minimum atomic E-state index is -0.395. The highest BCUT2D eigenvalue weighted by Gasteiger charge is 2.28. The average Bonchev–Trinajstić information content (AvgIpc) is 2.87. The van der Waals surface area contributed by atoms with Crippen LogP contribution in [0.2, 0.25) is 0 Å². The maximum atomic E-state index is 12.4. The molecule has 3 rings (SSSR count). The van der Waals surface area contributed by atoms with Crippen molar-refractivity contribution in [2.24, 2.45) is 0 Å². The molecular formula is C17H14IN3O3. The summed E-state index contributed by atoms with van der Waals surface area (Å²) in [5.41, 5.74) is 1.97. The van der Waals surface area contributed by atoms with Crippen LogP contribution >= 0.6 is 22.6 Å². The second-order valence-electron chi connectivity index (χ2n) is 5.27. The average molecular weight is 435 g/mol. The Hall–Kier alpha value is -2.42. The van der Waals surface area contributed by atoms with E-state index < -0.39 is 6.03 Å². The van der Waals surface area contributed by atoms with Gasteiger partial charge in [-0.3, -0.25) is 14.5 Å². The predicted octanol–water partition coefficient (Wildman–Crippen LogP) is 2.60. The molecule has 1 heterocycles. The zero-order chi connectivity index (χ0) is 17.1. The molecule has 2 aromatic rings.